The molecule has 0 aliphatic carbocycles. The molecule has 5 heteroatoms. The molecule has 0 fully saturated rings. The molecule has 0 unspecified atom stereocenters. The van der Waals surface area contributed by atoms with Gasteiger partial charge in [0.2, 0.25) is 0 Å². The second-order valence-corrected chi connectivity index (χ2v) is 6.15. The Bertz CT molecular complexity index is 652. The third-order valence-electron chi connectivity index (χ3n) is 2.61. The minimum Gasteiger partial charge on any atom is -0.277 e. The fourth-order valence-corrected chi connectivity index (χ4v) is 3.55. The van der Waals surface area contributed by atoms with Gasteiger partial charge in [-0.1, -0.05) is 36.0 Å². The summed E-state index contributed by atoms with van der Waals surface area (Å²) in [6.45, 7) is 0. The highest BCUT2D eigenvalue weighted by Gasteiger charge is 2.04. The summed E-state index contributed by atoms with van der Waals surface area (Å²) >= 11 is 3.61. The third-order valence-corrected chi connectivity index (χ3v) is 4.83. The lowest BCUT2D eigenvalue weighted by Gasteiger charge is -2.01. The maximum atomic E-state index is 4.21. The molecule has 3 aromatic rings. The molecule has 0 atom stereocenters. The molecule has 0 amide bonds. The van der Waals surface area contributed by atoms with E-state index in [4.69, 9.17) is 0 Å². The second kappa shape index (κ2) is 6.12. The molecule has 0 spiro atoms. The lowest BCUT2D eigenvalue weighted by molar-refractivity contribution is 0.922. The summed E-state index contributed by atoms with van der Waals surface area (Å²) < 4.78 is 2.03. The highest BCUT2D eigenvalue weighted by molar-refractivity contribution is 8.02. The monoisotopic (exact) mass is 287 g/mol. The van der Waals surface area contributed by atoms with Crippen LogP contribution < -0.4 is 0 Å². The zero-order valence-corrected chi connectivity index (χ0v) is 11.9. The van der Waals surface area contributed by atoms with E-state index in [2.05, 4.69) is 34.5 Å². The van der Waals surface area contributed by atoms with Crippen molar-refractivity contribution in [1.82, 2.24) is 14.6 Å². The number of benzene rings is 1. The molecule has 19 heavy (non-hydrogen) atoms. The van der Waals surface area contributed by atoms with Crippen LogP contribution in [0.15, 0.2) is 64.8 Å². The zero-order valence-electron chi connectivity index (χ0n) is 10.3. The summed E-state index contributed by atoms with van der Waals surface area (Å²) in [5.41, 5.74) is 0.903. The van der Waals surface area contributed by atoms with Crippen molar-refractivity contribution in [2.75, 3.05) is 11.5 Å². The van der Waals surface area contributed by atoms with Crippen LogP contribution in [0.25, 0.3) is 5.65 Å². The Labute approximate surface area is 120 Å². The smallest absolute Gasteiger partial charge is 0.195 e. The Morgan fingerprint density at radius 3 is 2.53 bits per heavy atom. The molecule has 96 valence electrons. The molecule has 0 aliphatic rings. The van der Waals surface area contributed by atoms with Gasteiger partial charge in [0, 0.05) is 22.6 Å². The molecule has 0 bridgehead atoms. The number of nitrogens with zero attached hydrogens (tertiary/aromatic N) is 3. The van der Waals surface area contributed by atoms with Gasteiger partial charge < -0.3 is 0 Å². The standard InChI is InChI=1S/C14H13N3S2/c1-2-6-12(7-3-1)18-10-11-19-14-16-15-13-8-4-5-9-17(13)14/h1-9H,10-11H2. The molecule has 0 aliphatic heterocycles. The van der Waals surface area contributed by atoms with Crippen molar-refractivity contribution in [3.8, 4) is 0 Å². The summed E-state index contributed by atoms with van der Waals surface area (Å²) in [4.78, 5) is 1.31. The fraction of sp³-hybridized carbons (Fsp3) is 0.143. The largest absolute Gasteiger partial charge is 0.277 e. The average Bonchev–Trinajstić information content (AvgIpc) is 2.88. The molecule has 3 nitrogen and oxygen atoms in total. The van der Waals surface area contributed by atoms with Crippen LogP contribution in [0.2, 0.25) is 0 Å². The maximum absolute atomic E-state index is 4.21. The van der Waals surface area contributed by atoms with Crippen LogP contribution in [0.4, 0.5) is 0 Å². The summed E-state index contributed by atoms with van der Waals surface area (Å²) in [5.74, 6) is 2.09. The van der Waals surface area contributed by atoms with Gasteiger partial charge in [-0.2, -0.15) is 0 Å². The van der Waals surface area contributed by atoms with Gasteiger partial charge in [-0.15, -0.1) is 22.0 Å². The highest BCUT2D eigenvalue weighted by atomic mass is 32.2. The quantitative estimate of drug-likeness (QED) is 0.530. The first kappa shape index (κ1) is 12.6. The number of fused-ring (bicyclic) bond motifs is 1. The number of hydrogen-bond acceptors (Lipinski definition) is 4. The van der Waals surface area contributed by atoms with E-state index < -0.39 is 0 Å². The lowest BCUT2D eigenvalue weighted by Crippen LogP contribution is -1.89. The molecular weight excluding hydrogens is 274 g/mol. The number of pyridine rings is 1. The molecule has 1 aromatic carbocycles. The van der Waals surface area contributed by atoms with Crippen molar-refractivity contribution in [3.05, 3.63) is 54.7 Å². The summed E-state index contributed by atoms with van der Waals surface area (Å²) in [6, 6.07) is 16.4. The van der Waals surface area contributed by atoms with Gasteiger partial charge in [0.1, 0.15) is 0 Å². The van der Waals surface area contributed by atoms with Gasteiger partial charge in [0.25, 0.3) is 0 Å². The van der Waals surface area contributed by atoms with E-state index in [9.17, 15) is 0 Å². The van der Waals surface area contributed by atoms with Crippen molar-refractivity contribution < 1.29 is 0 Å². The Kier molecular flexibility index (Phi) is 4.05. The predicted octanol–water partition coefficient (Wildman–Crippen LogP) is 3.61. The van der Waals surface area contributed by atoms with Crippen LogP contribution in [0.1, 0.15) is 0 Å². The number of aromatic nitrogens is 3. The van der Waals surface area contributed by atoms with Crippen molar-refractivity contribution in [1.29, 1.82) is 0 Å². The van der Waals surface area contributed by atoms with Gasteiger partial charge >= 0.3 is 0 Å². The normalized spacial score (nSPS) is 10.9. The first-order valence-electron chi connectivity index (χ1n) is 6.04. The number of thioether (sulfide) groups is 2. The van der Waals surface area contributed by atoms with E-state index in [0.29, 0.717) is 0 Å². The minimum absolute atomic E-state index is 0.903. The minimum atomic E-state index is 0.903. The van der Waals surface area contributed by atoms with Crippen LogP contribution in [-0.2, 0) is 0 Å². The zero-order chi connectivity index (χ0) is 12.9. The molecule has 2 heterocycles. The van der Waals surface area contributed by atoms with Gasteiger partial charge in [0.05, 0.1) is 0 Å². The summed E-state index contributed by atoms with van der Waals surface area (Å²) in [6.07, 6.45) is 2.00. The van der Waals surface area contributed by atoms with Crippen molar-refractivity contribution in [2.45, 2.75) is 10.1 Å². The summed E-state index contributed by atoms with van der Waals surface area (Å²) in [7, 11) is 0. The third kappa shape index (κ3) is 3.11. The molecule has 0 radical (unpaired) electrons. The van der Waals surface area contributed by atoms with Crippen LogP contribution in [0, 0.1) is 0 Å². The Morgan fingerprint density at radius 2 is 1.63 bits per heavy atom. The van der Waals surface area contributed by atoms with E-state index in [-0.39, 0.29) is 0 Å². The van der Waals surface area contributed by atoms with Crippen molar-refractivity contribution in [3.63, 3.8) is 0 Å². The predicted molar refractivity (Wildman–Crippen MR) is 80.9 cm³/mol. The molecule has 2 aromatic heterocycles. The van der Waals surface area contributed by atoms with Crippen LogP contribution in [0.3, 0.4) is 0 Å². The first-order chi connectivity index (χ1) is 9.43. The molecule has 0 N–H and O–H groups in total. The molecule has 0 saturated heterocycles. The Hall–Kier alpha value is -1.46. The Morgan fingerprint density at radius 1 is 0.842 bits per heavy atom. The lowest BCUT2D eigenvalue weighted by atomic mass is 10.4. The van der Waals surface area contributed by atoms with E-state index >= 15 is 0 Å². The van der Waals surface area contributed by atoms with Crippen LogP contribution in [-0.4, -0.2) is 26.1 Å². The van der Waals surface area contributed by atoms with Crippen LogP contribution >= 0.6 is 23.5 Å². The first-order valence-corrected chi connectivity index (χ1v) is 8.01. The van der Waals surface area contributed by atoms with E-state index in [0.717, 1.165) is 22.3 Å². The van der Waals surface area contributed by atoms with Gasteiger partial charge in [-0.25, -0.2) is 0 Å². The van der Waals surface area contributed by atoms with Gasteiger partial charge in [0.15, 0.2) is 10.8 Å². The van der Waals surface area contributed by atoms with Gasteiger partial charge in [-0.05, 0) is 24.3 Å². The second-order valence-electron chi connectivity index (χ2n) is 3.92. The average molecular weight is 287 g/mol. The molecular formula is C14H13N3S2. The fourth-order valence-electron chi connectivity index (χ4n) is 1.73. The van der Waals surface area contributed by atoms with Crippen LogP contribution in [0.5, 0.6) is 0 Å². The highest BCUT2D eigenvalue weighted by Crippen LogP contribution is 2.22. The topological polar surface area (TPSA) is 30.2 Å². The van der Waals surface area contributed by atoms with E-state index in [1.54, 1.807) is 11.8 Å². The Balaban J connectivity index is 1.55. The van der Waals surface area contributed by atoms with Crippen molar-refractivity contribution in [2.24, 2.45) is 0 Å². The van der Waals surface area contributed by atoms with Crippen molar-refractivity contribution >= 4 is 29.2 Å². The van der Waals surface area contributed by atoms with E-state index in [1.807, 2.05) is 46.6 Å². The number of hydrogen-bond donors (Lipinski definition) is 0. The van der Waals surface area contributed by atoms with Gasteiger partial charge in [-0.3, -0.25) is 4.40 Å². The van der Waals surface area contributed by atoms with E-state index in [1.165, 1.54) is 4.90 Å². The summed E-state index contributed by atoms with van der Waals surface area (Å²) in [5, 5.41) is 9.31. The molecule has 3 rings (SSSR count). The number of rotatable bonds is 5. The SMILES string of the molecule is c1ccc(SCCSc2nnc3ccccn23)cc1. The molecule has 0 saturated carbocycles. The maximum Gasteiger partial charge on any atom is 0.195 e.